The van der Waals surface area contributed by atoms with Crippen molar-refractivity contribution in [1.29, 1.82) is 0 Å². The van der Waals surface area contributed by atoms with Crippen molar-refractivity contribution < 1.29 is 28.9 Å². The normalized spacial score (nSPS) is 11.0. The minimum absolute atomic E-state index is 0. The van der Waals surface area contributed by atoms with Crippen molar-refractivity contribution in [3.63, 3.8) is 0 Å². The number of halogens is 1. The van der Waals surface area contributed by atoms with Crippen LogP contribution in [0.1, 0.15) is 5.69 Å². The first-order chi connectivity index (χ1) is 22.7. The summed E-state index contributed by atoms with van der Waals surface area (Å²) < 4.78 is 23.3. The average molecular weight is 789 g/mol. The second-order valence-corrected chi connectivity index (χ2v) is 10.8. The Labute approximate surface area is 283 Å². The number of hydrogen-bond acceptors (Lipinski definition) is 4. The molecule has 9 rings (SSSR count). The number of para-hydroxylation sites is 3. The Balaban J connectivity index is 0.000000228. The monoisotopic (exact) mass is 789 g/mol. The number of pyridine rings is 2. The summed E-state index contributed by atoms with van der Waals surface area (Å²) in [6.45, 7) is 1.96. The van der Waals surface area contributed by atoms with E-state index in [0.29, 0.717) is 27.9 Å². The molecule has 9 aromatic rings. The van der Waals surface area contributed by atoms with E-state index in [9.17, 15) is 0 Å². The van der Waals surface area contributed by atoms with E-state index in [0.717, 1.165) is 50.0 Å². The van der Waals surface area contributed by atoms with E-state index in [-0.39, 0.29) is 25.9 Å². The maximum atomic E-state index is 15.0. The van der Waals surface area contributed by atoms with Crippen molar-refractivity contribution >= 4 is 43.9 Å². The summed E-state index contributed by atoms with van der Waals surface area (Å²) in [5.74, 6) is 0.265. The summed E-state index contributed by atoms with van der Waals surface area (Å²) in [7, 11) is 0. The van der Waals surface area contributed by atoms with Crippen molar-refractivity contribution in [3.8, 4) is 28.3 Å². The number of fused-ring (bicyclic) bond motifs is 6. The van der Waals surface area contributed by atoms with Gasteiger partial charge in [-0.15, -0.1) is 48.0 Å². The van der Waals surface area contributed by atoms with Crippen LogP contribution in [0.15, 0.2) is 138 Å². The fraction of sp³-hybridized carbons (Fsp3) is 0.0250. The summed E-state index contributed by atoms with van der Waals surface area (Å²) in [4.78, 5) is 14.1. The molecule has 0 aliphatic rings. The number of nitrogens with zero attached hydrogens (tertiary/aromatic N) is 4. The number of benzene rings is 5. The third kappa shape index (κ3) is 5.40. The van der Waals surface area contributed by atoms with Gasteiger partial charge in [-0.1, -0.05) is 72.3 Å². The summed E-state index contributed by atoms with van der Waals surface area (Å²) in [6.07, 6.45) is 1.79. The maximum Gasteiger partial charge on any atom is 0.121 e. The molecule has 0 aliphatic heterocycles. The molecule has 0 unspecified atom stereocenters. The third-order valence-electron chi connectivity index (χ3n) is 7.96. The van der Waals surface area contributed by atoms with Crippen LogP contribution in [0.4, 0.5) is 4.39 Å². The van der Waals surface area contributed by atoms with E-state index in [2.05, 4.69) is 27.8 Å². The van der Waals surface area contributed by atoms with Crippen LogP contribution in [0.25, 0.3) is 72.2 Å². The second-order valence-electron chi connectivity index (χ2n) is 10.8. The van der Waals surface area contributed by atoms with Gasteiger partial charge in [0.2, 0.25) is 0 Å². The van der Waals surface area contributed by atoms with Gasteiger partial charge in [-0.2, -0.15) is 0 Å². The molecule has 0 bridgehead atoms. The van der Waals surface area contributed by atoms with Gasteiger partial charge in [-0.25, -0.2) is 0 Å². The number of rotatable bonds is 3. The van der Waals surface area contributed by atoms with Crippen LogP contribution in [0.3, 0.4) is 0 Å². The zero-order chi connectivity index (χ0) is 31.0. The summed E-state index contributed by atoms with van der Waals surface area (Å²) in [6, 6.07) is 46.9. The van der Waals surface area contributed by atoms with Crippen molar-refractivity contribution in [1.82, 2.24) is 19.5 Å². The molecule has 5 aromatic carbocycles. The Kier molecular flexibility index (Phi) is 8.17. The van der Waals surface area contributed by atoms with E-state index in [1.165, 1.54) is 6.07 Å². The van der Waals surface area contributed by atoms with E-state index in [1.54, 1.807) is 6.20 Å². The largest absolute Gasteiger partial charge is 0.500 e. The quantitative estimate of drug-likeness (QED) is 0.167. The van der Waals surface area contributed by atoms with E-state index in [1.807, 2.05) is 122 Å². The fourth-order valence-electron chi connectivity index (χ4n) is 5.89. The Hall–Kier alpha value is -5.49. The van der Waals surface area contributed by atoms with Gasteiger partial charge in [0.15, 0.2) is 0 Å². The number of aryl methyl sites for hydroxylation is 1. The minimum Gasteiger partial charge on any atom is -0.500 e. The van der Waals surface area contributed by atoms with Crippen LogP contribution in [-0.2, 0) is 20.1 Å². The molecule has 0 aliphatic carbocycles. The molecule has 0 saturated heterocycles. The topological polar surface area (TPSA) is 56.7 Å². The first kappa shape index (κ1) is 30.2. The predicted octanol–water partition coefficient (Wildman–Crippen LogP) is 9.93. The van der Waals surface area contributed by atoms with Gasteiger partial charge in [0.05, 0.1) is 33.7 Å². The second kappa shape index (κ2) is 12.7. The van der Waals surface area contributed by atoms with Gasteiger partial charge in [-0.05, 0) is 48.3 Å². The number of hydrogen-bond donors (Lipinski definition) is 0. The molecule has 0 spiro atoms. The number of furan rings is 1. The molecule has 0 amide bonds. The van der Waals surface area contributed by atoms with Gasteiger partial charge < -0.3 is 14.0 Å². The molecule has 229 valence electrons. The fourth-order valence-corrected chi connectivity index (χ4v) is 5.89. The predicted molar refractivity (Wildman–Crippen MR) is 181 cm³/mol. The zero-order valence-electron chi connectivity index (χ0n) is 25.1. The summed E-state index contributed by atoms with van der Waals surface area (Å²) >= 11 is 0. The van der Waals surface area contributed by atoms with Crippen molar-refractivity contribution in [2.75, 3.05) is 0 Å². The van der Waals surface area contributed by atoms with Crippen LogP contribution >= 0.6 is 0 Å². The minimum atomic E-state index is -0.366. The van der Waals surface area contributed by atoms with Gasteiger partial charge in [0.1, 0.15) is 5.58 Å². The van der Waals surface area contributed by atoms with E-state index >= 15 is 4.39 Å². The molecular formula is C40H25FIrN4O-2. The van der Waals surface area contributed by atoms with Crippen LogP contribution in [0.2, 0.25) is 0 Å². The van der Waals surface area contributed by atoms with E-state index in [4.69, 9.17) is 14.4 Å². The Morgan fingerprint density at radius 2 is 1.49 bits per heavy atom. The summed E-state index contributed by atoms with van der Waals surface area (Å²) in [5.41, 5.74) is 8.09. The first-order valence-corrected chi connectivity index (χ1v) is 14.9. The van der Waals surface area contributed by atoms with Crippen LogP contribution in [0.5, 0.6) is 0 Å². The molecule has 7 heteroatoms. The SMILES string of the molecule is Cc1nc2ccccc2c2c1nc(-c1[c-]cc(F)c3c1oc1ccccc13)n2-c1ccccc1.[Ir].[c-]1ccccc1-c1ccccn1. The van der Waals surface area contributed by atoms with Gasteiger partial charge in [0, 0.05) is 48.6 Å². The van der Waals surface area contributed by atoms with Crippen molar-refractivity contribution in [2.45, 2.75) is 6.92 Å². The first-order valence-electron chi connectivity index (χ1n) is 14.9. The molecule has 0 fully saturated rings. The molecular weight excluding hydrogens is 764 g/mol. The van der Waals surface area contributed by atoms with Crippen LogP contribution in [0, 0.1) is 24.9 Å². The zero-order valence-corrected chi connectivity index (χ0v) is 27.5. The van der Waals surface area contributed by atoms with Gasteiger partial charge in [-0.3, -0.25) is 14.4 Å². The molecule has 0 N–H and O–H groups in total. The molecule has 4 aromatic heterocycles. The van der Waals surface area contributed by atoms with Crippen LogP contribution in [-0.4, -0.2) is 19.5 Å². The molecule has 47 heavy (non-hydrogen) atoms. The molecule has 5 nitrogen and oxygen atoms in total. The third-order valence-corrected chi connectivity index (χ3v) is 7.96. The van der Waals surface area contributed by atoms with Crippen molar-refractivity contribution in [3.05, 3.63) is 157 Å². The standard InChI is InChI=1S/C29H17FN3O.C11H8N.Ir/c1-17-26-27(19-11-5-7-13-23(19)31-17)33(18-9-3-2-4-10-18)29(32-26)21-15-16-22(30)25-20-12-6-8-14-24(20)34-28(21)25;1-2-6-10(7-3-1)11-8-4-5-9-12-11;/h2-14,16H,1H3;1-6,8-9H;/q2*-1;. The molecule has 4 heterocycles. The Morgan fingerprint density at radius 1 is 0.745 bits per heavy atom. The Morgan fingerprint density at radius 3 is 2.28 bits per heavy atom. The molecule has 1 radical (unpaired) electrons. The molecule has 0 atom stereocenters. The van der Waals surface area contributed by atoms with Gasteiger partial charge >= 0.3 is 0 Å². The number of aromatic nitrogens is 4. The molecule has 0 saturated carbocycles. The summed E-state index contributed by atoms with van der Waals surface area (Å²) in [5, 5.41) is 2.17. The van der Waals surface area contributed by atoms with E-state index < -0.39 is 0 Å². The van der Waals surface area contributed by atoms with Crippen molar-refractivity contribution in [2.24, 2.45) is 0 Å². The smallest absolute Gasteiger partial charge is 0.121 e. The van der Waals surface area contributed by atoms with Gasteiger partial charge in [0.25, 0.3) is 0 Å². The average Bonchev–Trinajstić information content (AvgIpc) is 3.71. The van der Waals surface area contributed by atoms with Crippen LogP contribution < -0.4 is 0 Å². The Bertz CT molecular complexity index is 2460. The maximum absolute atomic E-state index is 15.0. The number of imidazole rings is 1.